The lowest BCUT2D eigenvalue weighted by Crippen LogP contribution is -2.02. The molecule has 0 amide bonds. The normalized spacial score (nSPS) is 12.2. The molecule has 1 rings (SSSR count). The number of rotatable bonds is 3. The zero-order valence-corrected chi connectivity index (χ0v) is 7.89. The van der Waals surface area contributed by atoms with E-state index in [0.717, 1.165) is 0 Å². The van der Waals surface area contributed by atoms with Crippen LogP contribution in [0.5, 0.6) is 0 Å². The number of benzene rings is 1. The molecule has 0 bridgehead atoms. The standard InChI is InChI=1S/C7H6ClNO3S/c8-7(10)5-1-3-6(4-2-5)9-13(11)12/h1-4,9H,(H,11,12)/p-1. The first-order valence-corrected chi connectivity index (χ1v) is 4.70. The third-order valence-electron chi connectivity index (χ3n) is 1.31. The van der Waals surface area contributed by atoms with Crippen LogP contribution in [0.4, 0.5) is 5.69 Å². The summed E-state index contributed by atoms with van der Waals surface area (Å²) in [5.74, 6) is 0. The molecule has 70 valence electrons. The Morgan fingerprint density at radius 2 is 1.92 bits per heavy atom. The van der Waals surface area contributed by atoms with Crippen LogP contribution in [0, 0.1) is 0 Å². The predicted octanol–water partition coefficient (Wildman–Crippen LogP) is 1.27. The van der Waals surface area contributed by atoms with E-state index in [9.17, 15) is 13.6 Å². The van der Waals surface area contributed by atoms with Gasteiger partial charge in [0, 0.05) is 22.5 Å². The van der Waals surface area contributed by atoms with Gasteiger partial charge >= 0.3 is 0 Å². The third-order valence-corrected chi connectivity index (χ3v) is 1.93. The molecule has 1 N–H and O–H groups in total. The lowest BCUT2D eigenvalue weighted by Gasteiger charge is -2.07. The van der Waals surface area contributed by atoms with E-state index in [-0.39, 0.29) is 0 Å². The molecule has 0 spiro atoms. The maximum absolute atomic E-state index is 10.6. The Morgan fingerprint density at radius 1 is 1.38 bits per heavy atom. The van der Waals surface area contributed by atoms with Crippen LogP contribution < -0.4 is 4.72 Å². The van der Waals surface area contributed by atoms with Gasteiger partial charge in [-0.05, 0) is 35.9 Å². The molecule has 0 aliphatic carbocycles. The maximum Gasteiger partial charge on any atom is 0.252 e. The Labute approximate surface area is 82.3 Å². The molecule has 1 unspecified atom stereocenters. The van der Waals surface area contributed by atoms with Crippen molar-refractivity contribution in [3.05, 3.63) is 29.8 Å². The summed E-state index contributed by atoms with van der Waals surface area (Å²) >= 11 is 2.83. The maximum atomic E-state index is 10.6. The van der Waals surface area contributed by atoms with Crippen LogP contribution in [0.2, 0.25) is 0 Å². The van der Waals surface area contributed by atoms with Crippen LogP contribution in [0.25, 0.3) is 0 Å². The minimum Gasteiger partial charge on any atom is -0.755 e. The molecule has 1 aromatic carbocycles. The summed E-state index contributed by atoms with van der Waals surface area (Å²) in [6.45, 7) is 0. The number of anilines is 1. The largest absolute Gasteiger partial charge is 0.755 e. The third kappa shape index (κ3) is 3.14. The van der Waals surface area contributed by atoms with Gasteiger partial charge in [0.15, 0.2) is 0 Å². The van der Waals surface area contributed by atoms with E-state index < -0.39 is 16.5 Å². The Hall–Kier alpha value is -0.910. The monoisotopic (exact) mass is 218 g/mol. The second-order valence-corrected chi connectivity index (χ2v) is 3.20. The Bertz CT molecular complexity index is 338. The van der Waals surface area contributed by atoms with E-state index in [1.807, 2.05) is 0 Å². The molecule has 0 fully saturated rings. The van der Waals surface area contributed by atoms with E-state index in [1.165, 1.54) is 24.3 Å². The van der Waals surface area contributed by atoms with Gasteiger partial charge < -0.3 is 9.27 Å². The smallest absolute Gasteiger partial charge is 0.252 e. The van der Waals surface area contributed by atoms with Crippen LogP contribution in [0.15, 0.2) is 24.3 Å². The van der Waals surface area contributed by atoms with Crippen molar-refractivity contribution >= 4 is 33.8 Å². The van der Waals surface area contributed by atoms with Crippen molar-refractivity contribution in [3.8, 4) is 0 Å². The average Bonchev–Trinajstić information content (AvgIpc) is 2.04. The fraction of sp³-hybridized carbons (Fsp3) is 0. The summed E-state index contributed by atoms with van der Waals surface area (Å²) in [6, 6.07) is 5.77. The molecule has 1 atom stereocenters. The number of hydrogen-bond donors (Lipinski definition) is 1. The predicted molar refractivity (Wildman–Crippen MR) is 49.2 cm³/mol. The number of hydrogen-bond acceptors (Lipinski definition) is 3. The van der Waals surface area contributed by atoms with Gasteiger partial charge in [-0.3, -0.25) is 9.00 Å². The average molecular weight is 219 g/mol. The van der Waals surface area contributed by atoms with Gasteiger partial charge in [0.25, 0.3) is 5.24 Å². The molecule has 0 aliphatic rings. The van der Waals surface area contributed by atoms with Gasteiger partial charge in [-0.25, -0.2) is 0 Å². The summed E-state index contributed by atoms with van der Waals surface area (Å²) < 4.78 is 22.5. The summed E-state index contributed by atoms with van der Waals surface area (Å²) in [5, 5.41) is -0.574. The number of carbonyl (C=O) groups excluding carboxylic acids is 1. The fourth-order valence-electron chi connectivity index (χ4n) is 0.766. The van der Waals surface area contributed by atoms with E-state index in [2.05, 4.69) is 4.72 Å². The van der Waals surface area contributed by atoms with E-state index in [0.29, 0.717) is 11.3 Å². The highest BCUT2D eigenvalue weighted by Crippen LogP contribution is 2.11. The minimum atomic E-state index is -2.35. The van der Waals surface area contributed by atoms with Gasteiger partial charge in [-0.15, -0.1) is 0 Å². The summed E-state index contributed by atoms with van der Waals surface area (Å²) in [5.41, 5.74) is 0.707. The van der Waals surface area contributed by atoms with E-state index in [4.69, 9.17) is 11.6 Å². The van der Waals surface area contributed by atoms with Crippen molar-refractivity contribution in [2.45, 2.75) is 0 Å². The van der Waals surface area contributed by atoms with Gasteiger partial charge in [-0.2, -0.15) is 0 Å². The van der Waals surface area contributed by atoms with Crippen molar-refractivity contribution in [3.63, 3.8) is 0 Å². The lowest BCUT2D eigenvalue weighted by molar-refractivity contribution is 0.108. The molecule has 0 aliphatic heterocycles. The highest BCUT2D eigenvalue weighted by Gasteiger charge is 1.99. The number of halogens is 1. The van der Waals surface area contributed by atoms with Crippen molar-refractivity contribution in [1.29, 1.82) is 0 Å². The molecule has 0 saturated carbocycles. The van der Waals surface area contributed by atoms with Crippen LogP contribution in [-0.2, 0) is 11.3 Å². The number of nitrogens with one attached hydrogen (secondary N) is 1. The van der Waals surface area contributed by atoms with Gasteiger partial charge in [0.2, 0.25) is 0 Å². The molecule has 4 nitrogen and oxygen atoms in total. The van der Waals surface area contributed by atoms with Crippen LogP contribution in [0.3, 0.4) is 0 Å². The molecule has 0 aromatic heterocycles. The van der Waals surface area contributed by atoms with E-state index in [1.54, 1.807) is 0 Å². The zero-order valence-electron chi connectivity index (χ0n) is 6.32. The first kappa shape index (κ1) is 10.2. The van der Waals surface area contributed by atoms with Crippen molar-refractivity contribution in [2.24, 2.45) is 0 Å². The number of carbonyl (C=O) groups is 1. The minimum absolute atomic E-state index is 0.323. The fourth-order valence-corrected chi connectivity index (χ4v) is 1.22. The molecule has 6 heteroatoms. The highest BCUT2D eigenvalue weighted by molar-refractivity contribution is 7.80. The Balaban J connectivity index is 2.81. The SMILES string of the molecule is O=C(Cl)c1ccc(NS(=O)[O-])cc1. The second kappa shape index (κ2) is 4.36. The molecule has 0 heterocycles. The zero-order chi connectivity index (χ0) is 9.84. The molecule has 13 heavy (non-hydrogen) atoms. The first-order chi connectivity index (χ1) is 6.09. The van der Waals surface area contributed by atoms with E-state index >= 15 is 0 Å². The van der Waals surface area contributed by atoms with Gasteiger partial charge in [0.1, 0.15) is 0 Å². The van der Waals surface area contributed by atoms with Gasteiger partial charge in [0.05, 0.1) is 0 Å². The lowest BCUT2D eigenvalue weighted by atomic mass is 10.2. The quantitative estimate of drug-likeness (QED) is 0.614. The Morgan fingerprint density at radius 3 is 2.31 bits per heavy atom. The van der Waals surface area contributed by atoms with Crippen molar-refractivity contribution < 1.29 is 13.6 Å². The van der Waals surface area contributed by atoms with Crippen LogP contribution >= 0.6 is 11.6 Å². The molecular formula is C7H5ClNO3S-. The molecule has 1 aromatic rings. The van der Waals surface area contributed by atoms with Gasteiger partial charge in [-0.1, -0.05) is 0 Å². The summed E-state index contributed by atoms with van der Waals surface area (Å²) in [6.07, 6.45) is 0. The molecular weight excluding hydrogens is 214 g/mol. The summed E-state index contributed by atoms with van der Waals surface area (Å²) in [4.78, 5) is 10.6. The van der Waals surface area contributed by atoms with Crippen LogP contribution in [-0.4, -0.2) is 14.0 Å². The second-order valence-electron chi connectivity index (χ2n) is 2.19. The molecule has 0 radical (unpaired) electrons. The molecule has 0 saturated heterocycles. The topological polar surface area (TPSA) is 69.2 Å². The summed E-state index contributed by atoms with van der Waals surface area (Å²) in [7, 11) is 0. The van der Waals surface area contributed by atoms with Crippen molar-refractivity contribution in [2.75, 3.05) is 4.72 Å². The first-order valence-electron chi connectivity index (χ1n) is 3.25. The highest BCUT2D eigenvalue weighted by atomic mass is 35.5. The Kier molecular flexibility index (Phi) is 3.41. The van der Waals surface area contributed by atoms with Crippen molar-refractivity contribution in [1.82, 2.24) is 0 Å². The van der Waals surface area contributed by atoms with Crippen LogP contribution in [0.1, 0.15) is 10.4 Å².